The van der Waals surface area contributed by atoms with Crippen LogP contribution in [0.25, 0.3) is 15.9 Å². The van der Waals surface area contributed by atoms with Gasteiger partial charge in [-0.05, 0) is 25.1 Å². The van der Waals surface area contributed by atoms with Crippen molar-refractivity contribution < 1.29 is 19.4 Å². The van der Waals surface area contributed by atoms with E-state index < -0.39 is 12.1 Å². The molecule has 8 heteroatoms. The van der Waals surface area contributed by atoms with Crippen molar-refractivity contribution in [3.8, 4) is 5.69 Å². The van der Waals surface area contributed by atoms with E-state index >= 15 is 0 Å². The fourth-order valence-electron chi connectivity index (χ4n) is 2.40. The molecule has 0 fully saturated rings. The Morgan fingerprint density at radius 1 is 1.36 bits per heavy atom. The molecule has 0 saturated heterocycles. The molecule has 25 heavy (non-hydrogen) atoms. The Morgan fingerprint density at radius 3 is 2.76 bits per heavy atom. The second-order valence-electron chi connectivity index (χ2n) is 5.41. The number of methoxy groups -OCH3 is 1. The molecule has 2 N–H and O–H groups in total. The molecule has 0 aliphatic carbocycles. The molecule has 0 aliphatic rings. The zero-order valence-electron chi connectivity index (χ0n) is 13.7. The van der Waals surface area contributed by atoms with Gasteiger partial charge in [-0.15, -0.1) is 11.3 Å². The number of para-hydroxylation sites is 1. The van der Waals surface area contributed by atoms with E-state index in [1.54, 1.807) is 10.7 Å². The molecule has 2 aromatic heterocycles. The molecule has 2 heterocycles. The molecule has 0 spiro atoms. The molecule has 0 unspecified atom stereocenters. The van der Waals surface area contributed by atoms with Gasteiger partial charge in [0, 0.05) is 5.39 Å². The van der Waals surface area contributed by atoms with Crippen LogP contribution in [0.5, 0.6) is 0 Å². The molecular weight excluding hydrogens is 342 g/mol. The molecule has 1 aromatic carbocycles. The first kappa shape index (κ1) is 17.1. The second-order valence-corrected chi connectivity index (χ2v) is 6.44. The van der Waals surface area contributed by atoms with E-state index in [4.69, 9.17) is 0 Å². The van der Waals surface area contributed by atoms with Gasteiger partial charge in [0.25, 0.3) is 5.91 Å². The summed E-state index contributed by atoms with van der Waals surface area (Å²) in [5.74, 6) is -1.14. The molecule has 0 aliphatic heterocycles. The van der Waals surface area contributed by atoms with Crippen LogP contribution in [-0.2, 0) is 9.53 Å². The number of ether oxygens (including phenoxy) is 1. The minimum absolute atomic E-state index is 0.205. The molecule has 3 rings (SSSR count). The number of benzene rings is 1. The zero-order chi connectivity index (χ0) is 18.0. The number of aryl methyl sites for hydroxylation is 1. The highest BCUT2D eigenvalue weighted by atomic mass is 32.1. The van der Waals surface area contributed by atoms with Crippen molar-refractivity contribution in [2.24, 2.45) is 0 Å². The van der Waals surface area contributed by atoms with E-state index in [-0.39, 0.29) is 12.5 Å². The number of hydrogen-bond donors (Lipinski definition) is 2. The SMILES string of the molecule is COC(=O)[C@@H](O)CNC(=O)c1cc2c(C)nn(-c3ccccc3)c2s1. The van der Waals surface area contributed by atoms with Crippen LogP contribution in [-0.4, -0.2) is 46.5 Å². The number of nitrogens with zero attached hydrogens (tertiary/aromatic N) is 2. The number of hydrogen-bond acceptors (Lipinski definition) is 6. The van der Waals surface area contributed by atoms with Gasteiger partial charge < -0.3 is 15.2 Å². The van der Waals surface area contributed by atoms with Crippen molar-refractivity contribution in [3.63, 3.8) is 0 Å². The third-order valence-electron chi connectivity index (χ3n) is 3.70. The van der Waals surface area contributed by atoms with Crippen LogP contribution in [0.2, 0.25) is 0 Å². The lowest BCUT2D eigenvalue weighted by atomic mass is 10.3. The van der Waals surface area contributed by atoms with Gasteiger partial charge in [0.05, 0.1) is 29.9 Å². The van der Waals surface area contributed by atoms with Gasteiger partial charge in [0.1, 0.15) is 4.83 Å². The topological polar surface area (TPSA) is 93.4 Å². The summed E-state index contributed by atoms with van der Waals surface area (Å²) in [7, 11) is 1.18. The Balaban J connectivity index is 1.84. The fraction of sp³-hybridized carbons (Fsp3) is 0.235. The quantitative estimate of drug-likeness (QED) is 0.676. The highest BCUT2D eigenvalue weighted by Crippen LogP contribution is 2.30. The maximum Gasteiger partial charge on any atom is 0.336 e. The van der Waals surface area contributed by atoms with Gasteiger partial charge in [-0.1, -0.05) is 18.2 Å². The molecule has 130 valence electrons. The van der Waals surface area contributed by atoms with Crippen molar-refractivity contribution >= 4 is 33.4 Å². The number of carbonyl (C=O) groups excluding carboxylic acids is 2. The van der Waals surface area contributed by atoms with Crippen molar-refractivity contribution in [1.82, 2.24) is 15.1 Å². The highest BCUT2D eigenvalue weighted by molar-refractivity contribution is 7.20. The van der Waals surface area contributed by atoms with Crippen molar-refractivity contribution in [1.29, 1.82) is 0 Å². The molecule has 0 saturated carbocycles. The van der Waals surface area contributed by atoms with E-state index in [1.807, 2.05) is 37.3 Å². The third-order valence-corrected chi connectivity index (χ3v) is 4.81. The molecule has 0 radical (unpaired) electrons. The number of aromatic nitrogens is 2. The summed E-state index contributed by atoms with van der Waals surface area (Å²) < 4.78 is 6.22. The summed E-state index contributed by atoms with van der Waals surface area (Å²) in [6.07, 6.45) is -1.38. The van der Waals surface area contributed by atoms with Crippen LogP contribution in [0, 0.1) is 6.92 Å². The average Bonchev–Trinajstić information content (AvgIpc) is 3.20. The van der Waals surface area contributed by atoms with Crippen molar-refractivity contribution in [2.75, 3.05) is 13.7 Å². The van der Waals surface area contributed by atoms with Crippen molar-refractivity contribution in [2.45, 2.75) is 13.0 Å². The fourth-order valence-corrected chi connectivity index (χ4v) is 3.50. The predicted octanol–water partition coefficient (Wildman–Crippen LogP) is 1.66. The minimum atomic E-state index is -1.38. The van der Waals surface area contributed by atoms with E-state index in [0.717, 1.165) is 21.6 Å². The van der Waals surface area contributed by atoms with Gasteiger partial charge >= 0.3 is 5.97 Å². The smallest absolute Gasteiger partial charge is 0.336 e. The van der Waals surface area contributed by atoms with Gasteiger partial charge in [0.15, 0.2) is 6.10 Å². The number of thiophene rings is 1. The first-order valence-corrected chi connectivity index (χ1v) is 8.41. The van der Waals surface area contributed by atoms with Gasteiger partial charge in [-0.3, -0.25) is 4.79 Å². The summed E-state index contributed by atoms with van der Waals surface area (Å²) in [6.45, 7) is 1.68. The molecule has 0 bridgehead atoms. The second kappa shape index (κ2) is 7.04. The summed E-state index contributed by atoms with van der Waals surface area (Å²) >= 11 is 1.30. The zero-order valence-corrected chi connectivity index (χ0v) is 14.5. The minimum Gasteiger partial charge on any atom is -0.467 e. The normalized spacial score (nSPS) is 12.1. The number of carbonyl (C=O) groups is 2. The average molecular weight is 359 g/mol. The van der Waals surface area contributed by atoms with Gasteiger partial charge in [-0.25, -0.2) is 9.48 Å². The van der Waals surface area contributed by atoms with Crippen LogP contribution >= 0.6 is 11.3 Å². The lowest BCUT2D eigenvalue weighted by Gasteiger charge is -2.08. The Hall–Kier alpha value is -2.71. The van der Waals surface area contributed by atoms with E-state index in [1.165, 1.54) is 18.4 Å². The lowest BCUT2D eigenvalue weighted by molar-refractivity contribution is -0.149. The Morgan fingerprint density at radius 2 is 2.08 bits per heavy atom. The number of esters is 1. The van der Waals surface area contributed by atoms with E-state index in [9.17, 15) is 14.7 Å². The van der Waals surface area contributed by atoms with Gasteiger partial charge in [0.2, 0.25) is 0 Å². The monoisotopic (exact) mass is 359 g/mol. The summed E-state index contributed by atoms with van der Waals surface area (Å²) in [5, 5.41) is 17.5. The van der Waals surface area contributed by atoms with Crippen LogP contribution in [0.15, 0.2) is 36.4 Å². The third kappa shape index (κ3) is 3.40. The molecular formula is C17H17N3O4S. The predicted molar refractivity (Wildman–Crippen MR) is 94.0 cm³/mol. The standard InChI is InChI=1S/C17H17N3O4S/c1-10-12-8-14(15(22)18-9-13(21)17(23)24-2)25-16(12)20(19-10)11-6-4-3-5-7-11/h3-8,13,21H,9H2,1-2H3,(H,18,22)/t13-/m0/s1. The van der Waals surface area contributed by atoms with Gasteiger partial charge in [-0.2, -0.15) is 5.10 Å². The summed E-state index contributed by atoms with van der Waals surface area (Å²) in [6, 6.07) is 11.4. The summed E-state index contributed by atoms with van der Waals surface area (Å²) in [5.41, 5.74) is 1.74. The number of aliphatic hydroxyl groups is 1. The number of fused-ring (bicyclic) bond motifs is 1. The highest BCUT2D eigenvalue weighted by Gasteiger charge is 2.20. The van der Waals surface area contributed by atoms with Crippen LogP contribution in [0.3, 0.4) is 0 Å². The largest absolute Gasteiger partial charge is 0.467 e. The van der Waals surface area contributed by atoms with Crippen LogP contribution < -0.4 is 5.32 Å². The summed E-state index contributed by atoms with van der Waals surface area (Å²) in [4.78, 5) is 24.8. The number of amides is 1. The Kier molecular flexibility index (Phi) is 4.82. The number of nitrogens with one attached hydrogen (secondary N) is 1. The molecule has 1 atom stereocenters. The number of rotatable bonds is 5. The van der Waals surface area contributed by atoms with E-state index in [0.29, 0.717) is 4.88 Å². The first-order valence-electron chi connectivity index (χ1n) is 7.60. The molecule has 1 amide bonds. The Labute approximate surface area is 147 Å². The Bertz CT molecular complexity index is 917. The van der Waals surface area contributed by atoms with E-state index in [2.05, 4.69) is 15.2 Å². The van der Waals surface area contributed by atoms with Crippen molar-refractivity contribution in [3.05, 3.63) is 47.0 Å². The molecule has 7 nitrogen and oxygen atoms in total. The first-order chi connectivity index (χ1) is 12.0. The maximum atomic E-state index is 12.3. The maximum absolute atomic E-state index is 12.3. The van der Waals surface area contributed by atoms with Crippen LogP contribution in [0.4, 0.5) is 0 Å². The molecule has 3 aromatic rings. The van der Waals surface area contributed by atoms with Crippen LogP contribution in [0.1, 0.15) is 15.4 Å². The lowest BCUT2D eigenvalue weighted by Crippen LogP contribution is -2.36. The number of aliphatic hydroxyl groups excluding tert-OH is 1.